The molecule has 0 radical (unpaired) electrons. The van der Waals surface area contributed by atoms with Crippen LogP contribution >= 0.6 is 0 Å². The van der Waals surface area contributed by atoms with Gasteiger partial charge >= 0.3 is 6.18 Å². The van der Waals surface area contributed by atoms with Crippen molar-refractivity contribution in [3.05, 3.63) is 39.9 Å². The van der Waals surface area contributed by atoms with Crippen molar-refractivity contribution in [2.75, 3.05) is 13.2 Å². The van der Waals surface area contributed by atoms with Crippen molar-refractivity contribution >= 4 is 11.6 Å². The van der Waals surface area contributed by atoms with Gasteiger partial charge in [-0.3, -0.25) is 14.9 Å². The van der Waals surface area contributed by atoms with E-state index >= 15 is 0 Å². The molecule has 0 saturated carbocycles. The predicted octanol–water partition coefficient (Wildman–Crippen LogP) is 2.91. The SMILES string of the molecule is C[C@@H]1CCO[C@H]1C(=O)N(Cc1ccccc1[N+](=O)[O-])CC(F)(F)F. The molecule has 2 rings (SSSR count). The van der Waals surface area contributed by atoms with E-state index in [0.29, 0.717) is 17.9 Å². The number of hydrogen-bond donors (Lipinski definition) is 0. The predicted molar refractivity (Wildman–Crippen MR) is 78.1 cm³/mol. The topological polar surface area (TPSA) is 72.7 Å². The molecule has 0 aliphatic carbocycles. The quantitative estimate of drug-likeness (QED) is 0.607. The van der Waals surface area contributed by atoms with Crippen LogP contribution in [0.2, 0.25) is 0 Å². The summed E-state index contributed by atoms with van der Waals surface area (Å²) in [5.74, 6) is -0.991. The van der Waals surface area contributed by atoms with Crippen LogP contribution in [0.15, 0.2) is 24.3 Å². The number of hydrogen-bond acceptors (Lipinski definition) is 4. The maximum absolute atomic E-state index is 12.8. The third-order valence-corrected chi connectivity index (χ3v) is 3.86. The summed E-state index contributed by atoms with van der Waals surface area (Å²) in [6, 6.07) is 5.43. The van der Waals surface area contributed by atoms with Gasteiger partial charge < -0.3 is 9.64 Å². The molecule has 0 unspecified atom stereocenters. The molecule has 1 aliphatic rings. The number of carbonyl (C=O) groups excluding carboxylic acids is 1. The molecular formula is C15H17F3N2O4. The molecule has 1 aromatic carbocycles. The van der Waals surface area contributed by atoms with Gasteiger partial charge in [-0.25, -0.2) is 0 Å². The number of nitro benzene ring substituents is 1. The molecule has 6 nitrogen and oxygen atoms in total. The summed E-state index contributed by atoms with van der Waals surface area (Å²) in [6.45, 7) is 0.0573. The molecule has 132 valence electrons. The number of halogens is 3. The van der Waals surface area contributed by atoms with E-state index in [0.717, 1.165) is 0 Å². The van der Waals surface area contributed by atoms with Crippen molar-refractivity contribution in [2.24, 2.45) is 5.92 Å². The molecule has 0 spiro atoms. The number of amides is 1. The van der Waals surface area contributed by atoms with Gasteiger partial charge in [0.1, 0.15) is 12.6 Å². The first kappa shape index (κ1) is 18.2. The highest BCUT2D eigenvalue weighted by molar-refractivity contribution is 5.81. The van der Waals surface area contributed by atoms with Crippen molar-refractivity contribution < 1.29 is 27.6 Å². The van der Waals surface area contributed by atoms with Crippen LogP contribution in [0.5, 0.6) is 0 Å². The standard InChI is InChI=1S/C15H17F3N2O4/c1-10-6-7-24-13(10)14(21)19(9-15(16,17)18)8-11-4-2-3-5-12(11)20(22)23/h2-5,10,13H,6-9H2,1H3/t10-,13-/m1/s1. The van der Waals surface area contributed by atoms with Crippen molar-refractivity contribution in [3.8, 4) is 0 Å². The molecule has 0 bridgehead atoms. The van der Waals surface area contributed by atoms with Crippen LogP contribution < -0.4 is 0 Å². The minimum atomic E-state index is -4.61. The molecular weight excluding hydrogens is 329 g/mol. The van der Waals surface area contributed by atoms with Crippen LogP contribution in [0.4, 0.5) is 18.9 Å². The lowest BCUT2D eigenvalue weighted by Crippen LogP contribution is -2.45. The van der Waals surface area contributed by atoms with E-state index in [1.165, 1.54) is 24.3 Å². The number of alkyl halides is 3. The lowest BCUT2D eigenvalue weighted by molar-refractivity contribution is -0.385. The molecule has 1 saturated heterocycles. The number of benzene rings is 1. The van der Waals surface area contributed by atoms with Crippen molar-refractivity contribution in [3.63, 3.8) is 0 Å². The van der Waals surface area contributed by atoms with Crippen LogP contribution in [-0.4, -0.2) is 41.2 Å². The smallest absolute Gasteiger partial charge is 0.368 e. The number of nitrogens with zero attached hydrogens (tertiary/aromatic N) is 2. The summed E-state index contributed by atoms with van der Waals surface area (Å²) in [5, 5.41) is 11.0. The van der Waals surface area contributed by atoms with E-state index in [1.807, 2.05) is 0 Å². The van der Waals surface area contributed by atoms with E-state index < -0.39 is 36.2 Å². The molecule has 0 aromatic heterocycles. The van der Waals surface area contributed by atoms with Gasteiger partial charge in [-0.2, -0.15) is 13.2 Å². The first-order chi connectivity index (χ1) is 11.2. The highest BCUT2D eigenvalue weighted by Gasteiger charge is 2.39. The fourth-order valence-corrected chi connectivity index (χ4v) is 2.65. The zero-order chi connectivity index (χ0) is 17.9. The first-order valence-electron chi connectivity index (χ1n) is 7.38. The Morgan fingerprint density at radius 3 is 2.62 bits per heavy atom. The Balaban J connectivity index is 2.27. The van der Waals surface area contributed by atoms with Gasteiger partial charge in [-0.1, -0.05) is 25.1 Å². The Hall–Kier alpha value is -2.16. The Kier molecular flexibility index (Phi) is 5.43. The molecule has 1 amide bonds. The zero-order valence-electron chi connectivity index (χ0n) is 13.0. The molecule has 24 heavy (non-hydrogen) atoms. The number of para-hydroxylation sites is 1. The zero-order valence-corrected chi connectivity index (χ0v) is 13.0. The molecule has 0 N–H and O–H groups in total. The second-order valence-corrected chi connectivity index (χ2v) is 5.75. The fourth-order valence-electron chi connectivity index (χ4n) is 2.65. The van der Waals surface area contributed by atoms with Gasteiger partial charge in [0.05, 0.1) is 11.5 Å². The van der Waals surface area contributed by atoms with Crippen molar-refractivity contribution in [2.45, 2.75) is 32.2 Å². The summed E-state index contributed by atoms with van der Waals surface area (Å²) in [6.07, 6.45) is -4.97. The van der Waals surface area contributed by atoms with E-state index in [2.05, 4.69) is 0 Å². The average Bonchev–Trinajstić information content (AvgIpc) is 2.91. The second kappa shape index (κ2) is 7.16. The molecule has 1 aliphatic heterocycles. The van der Waals surface area contributed by atoms with Gasteiger partial charge in [-0.05, 0) is 12.3 Å². The maximum atomic E-state index is 12.8. The average molecular weight is 346 g/mol. The minimum Gasteiger partial charge on any atom is -0.368 e. The first-order valence-corrected chi connectivity index (χ1v) is 7.38. The molecule has 1 heterocycles. The van der Waals surface area contributed by atoms with E-state index in [4.69, 9.17) is 4.74 Å². The van der Waals surface area contributed by atoms with Gasteiger partial charge in [0.25, 0.3) is 11.6 Å². The van der Waals surface area contributed by atoms with E-state index in [1.54, 1.807) is 6.92 Å². The Morgan fingerprint density at radius 2 is 2.08 bits per heavy atom. The Morgan fingerprint density at radius 1 is 1.42 bits per heavy atom. The third-order valence-electron chi connectivity index (χ3n) is 3.86. The largest absolute Gasteiger partial charge is 0.406 e. The summed E-state index contributed by atoms with van der Waals surface area (Å²) in [4.78, 5) is 23.4. The van der Waals surface area contributed by atoms with Crippen LogP contribution in [0.3, 0.4) is 0 Å². The number of rotatable bonds is 5. The summed E-state index contributed by atoms with van der Waals surface area (Å²) in [7, 11) is 0. The third kappa shape index (κ3) is 4.44. The van der Waals surface area contributed by atoms with Crippen LogP contribution in [-0.2, 0) is 16.1 Å². The van der Waals surface area contributed by atoms with E-state index in [-0.39, 0.29) is 17.2 Å². The number of carbonyl (C=O) groups is 1. The summed E-state index contributed by atoms with van der Waals surface area (Å²) < 4.78 is 43.8. The number of nitro groups is 1. The fraction of sp³-hybridized carbons (Fsp3) is 0.533. The van der Waals surface area contributed by atoms with Crippen molar-refractivity contribution in [1.29, 1.82) is 0 Å². The van der Waals surface area contributed by atoms with Gasteiger partial charge in [-0.15, -0.1) is 0 Å². The van der Waals surface area contributed by atoms with E-state index in [9.17, 15) is 28.1 Å². The second-order valence-electron chi connectivity index (χ2n) is 5.75. The Labute approximate surface area is 136 Å². The normalized spacial score (nSPS) is 20.8. The van der Waals surface area contributed by atoms with Crippen LogP contribution in [0, 0.1) is 16.0 Å². The highest BCUT2D eigenvalue weighted by Crippen LogP contribution is 2.27. The minimum absolute atomic E-state index is 0.0470. The monoisotopic (exact) mass is 346 g/mol. The molecule has 1 fully saturated rings. The summed E-state index contributed by atoms with van der Waals surface area (Å²) >= 11 is 0. The lowest BCUT2D eigenvalue weighted by Gasteiger charge is -2.27. The highest BCUT2D eigenvalue weighted by atomic mass is 19.4. The molecule has 2 atom stereocenters. The molecule has 9 heteroatoms. The lowest BCUT2D eigenvalue weighted by atomic mass is 10.0. The van der Waals surface area contributed by atoms with Crippen LogP contribution in [0.25, 0.3) is 0 Å². The van der Waals surface area contributed by atoms with Gasteiger partial charge in [0, 0.05) is 18.2 Å². The Bertz CT molecular complexity index is 621. The van der Waals surface area contributed by atoms with Gasteiger partial charge in [0.2, 0.25) is 0 Å². The van der Waals surface area contributed by atoms with Crippen molar-refractivity contribution in [1.82, 2.24) is 4.90 Å². The number of ether oxygens (including phenoxy) is 1. The molecule has 1 aromatic rings. The summed E-state index contributed by atoms with van der Waals surface area (Å²) in [5.41, 5.74) is -0.274. The van der Waals surface area contributed by atoms with Gasteiger partial charge in [0.15, 0.2) is 0 Å². The van der Waals surface area contributed by atoms with Crippen LogP contribution in [0.1, 0.15) is 18.9 Å². The maximum Gasteiger partial charge on any atom is 0.406 e.